The topological polar surface area (TPSA) is 64.3 Å². The molecule has 0 aliphatic heterocycles. The Kier molecular flexibility index (Phi) is 5.18. The van der Waals surface area contributed by atoms with Crippen molar-refractivity contribution in [2.75, 3.05) is 0 Å². The summed E-state index contributed by atoms with van der Waals surface area (Å²) in [7, 11) is 0. The second kappa shape index (κ2) is 6.24. The highest BCUT2D eigenvalue weighted by molar-refractivity contribution is 5.73. The van der Waals surface area contributed by atoms with E-state index in [4.69, 9.17) is 10.6 Å². The van der Waals surface area contributed by atoms with Gasteiger partial charge in [-0.1, -0.05) is 19.1 Å². The van der Waals surface area contributed by atoms with Crippen molar-refractivity contribution >= 4 is 5.97 Å². The van der Waals surface area contributed by atoms with Crippen molar-refractivity contribution in [3.05, 3.63) is 23.9 Å². The van der Waals surface area contributed by atoms with Crippen LogP contribution in [0.4, 0.5) is 0 Å². The van der Waals surface area contributed by atoms with Crippen LogP contribution in [0.2, 0.25) is 0 Å². The number of carbonyl (C=O) groups excluding carboxylic acids is 1. The lowest BCUT2D eigenvalue weighted by molar-refractivity contribution is -0.161. The summed E-state index contributed by atoms with van der Waals surface area (Å²) in [6, 6.07) is 0. The monoisotopic (exact) mass is 266 g/mol. The first kappa shape index (κ1) is 15.8. The SMILES string of the molecule is C=C1CC(C(C)C(=O)OC(C)(C)C)CC/C1=C/NN. The van der Waals surface area contributed by atoms with E-state index in [-0.39, 0.29) is 11.9 Å². The fourth-order valence-corrected chi connectivity index (χ4v) is 2.36. The number of carbonyl (C=O) groups is 1. The molecule has 4 heteroatoms. The van der Waals surface area contributed by atoms with Gasteiger partial charge in [-0.2, -0.15) is 0 Å². The van der Waals surface area contributed by atoms with Gasteiger partial charge in [-0.25, -0.2) is 0 Å². The highest BCUT2D eigenvalue weighted by atomic mass is 16.6. The lowest BCUT2D eigenvalue weighted by atomic mass is 9.77. The van der Waals surface area contributed by atoms with Gasteiger partial charge in [0.1, 0.15) is 5.60 Å². The maximum atomic E-state index is 12.1. The van der Waals surface area contributed by atoms with E-state index in [1.165, 1.54) is 0 Å². The first-order chi connectivity index (χ1) is 8.74. The predicted octanol–water partition coefficient (Wildman–Crippen LogP) is 2.67. The zero-order chi connectivity index (χ0) is 14.6. The van der Waals surface area contributed by atoms with Crippen molar-refractivity contribution in [3.8, 4) is 0 Å². The molecular formula is C15H26N2O2. The Balaban J connectivity index is 2.61. The second-order valence-corrected chi connectivity index (χ2v) is 6.26. The van der Waals surface area contributed by atoms with Gasteiger partial charge >= 0.3 is 5.97 Å². The minimum absolute atomic E-state index is 0.0941. The van der Waals surface area contributed by atoms with Crippen LogP contribution in [-0.2, 0) is 9.53 Å². The van der Waals surface area contributed by atoms with E-state index in [1.54, 1.807) is 6.20 Å². The number of nitrogens with two attached hydrogens (primary N) is 1. The average molecular weight is 266 g/mol. The molecule has 0 heterocycles. The smallest absolute Gasteiger partial charge is 0.309 e. The fraction of sp³-hybridized carbons (Fsp3) is 0.667. The van der Waals surface area contributed by atoms with E-state index in [1.807, 2.05) is 27.7 Å². The first-order valence-corrected chi connectivity index (χ1v) is 6.80. The van der Waals surface area contributed by atoms with Crippen LogP contribution in [0, 0.1) is 11.8 Å². The molecule has 2 unspecified atom stereocenters. The lowest BCUT2D eigenvalue weighted by Crippen LogP contribution is -2.32. The highest BCUT2D eigenvalue weighted by Gasteiger charge is 2.31. The minimum Gasteiger partial charge on any atom is -0.460 e. The quantitative estimate of drug-likeness (QED) is 0.468. The Hall–Kier alpha value is -1.29. The Morgan fingerprint density at radius 3 is 2.68 bits per heavy atom. The maximum absolute atomic E-state index is 12.1. The van der Waals surface area contributed by atoms with Crippen molar-refractivity contribution in [3.63, 3.8) is 0 Å². The average Bonchev–Trinajstić information content (AvgIpc) is 2.29. The number of allylic oxidation sites excluding steroid dienone is 2. The summed E-state index contributed by atoms with van der Waals surface area (Å²) in [6.45, 7) is 11.7. The molecule has 19 heavy (non-hydrogen) atoms. The number of nitrogens with one attached hydrogen (secondary N) is 1. The van der Waals surface area contributed by atoms with E-state index in [9.17, 15) is 4.79 Å². The zero-order valence-corrected chi connectivity index (χ0v) is 12.5. The van der Waals surface area contributed by atoms with Gasteiger partial charge in [0.05, 0.1) is 5.92 Å². The van der Waals surface area contributed by atoms with Crippen LogP contribution < -0.4 is 11.3 Å². The molecule has 0 aromatic carbocycles. The molecule has 1 aliphatic rings. The molecule has 0 bridgehead atoms. The van der Waals surface area contributed by atoms with Crippen LogP contribution in [0.5, 0.6) is 0 Å². The van der Waals surface area contributed by atoms with Gasteiger partial charge in [-0.3, -0.25) is 10.6 Å². The summed E-state index contributed by atoms with van der Waals surface area (Å²) in [5, 5.41) is 0. The van der Waals surface area contributed by atoms with Gasteiger partial charge in [0.15, 0.2) is 0 Å². The molecule has 0 aromatic heterocycles. The molecule has 0 aromatic rings. The third-order valence-corrected chi connectivity index (χ3v) is 3.49. The van der Waals surface area contributed by atoms with Gasteiger partial charge in [0.2, 0.25) is 0 Å². The number of hydrogen-bond acceptors (Lipinski definition) is 4. The third kappa shape index (κ3) is 4.71. The van der Waals surface area contributed by atoms with Crippen molar-refractivity contribution in [2.45, 2.75) is 52.6 Å². The Morgan fingerprint density at radius 1 is 1.58 bits per heavy atom. The molecule has 0 amide bonds. The van der Waals surface area contributed by atoms with Crippen molar-refractivity contribution in [1.29, 1.82) is 0 Å². The summed E-state index contributed by atoms with van der Waals surface area (Å²) in [6.07, 6.45) is 4.48. The standard InChI is InChI=1S/C15H26N2O2/c1-10-8-12(6-7-13(10)9-17-16)11(2)14(18)19-15(3,4)5/h9,11-12,17H,1,6-8,16H2,2-5H3/b13-9-. The third-order valence-electron chi connectivity index (χ3n) is 3.49. The number of hydrogen-bond donors (Lipinski definition) is 2. The lowest BCUT2D eigenvalue weighted by Gasteiger charge is -2.31. The van der Waals surface area contributed by atoms with Gasteiger partial charge in [0, 0.05) is 6.20 Å². The molecular weight excluding hydrogens is 240 g/mol. The molecule has 0 radical (unpaired) electrons. The van der Waals surface area contributed by atoms with Gasteiger partial charge < -0.3 is 10.2 Å². The van der Waals surface area contributed by atoms with E-state index in [2.05, 4.69) is 12.0 Å². The summed E-state index contributed by atoms with van der Waals surface area (Å²) < 4.78 is 5.45. The maximum Gasteiger partial charge on any atom is 0.309 e. The molecule has 1 fully saturated rings. The number of hydrazine groups is 1. The predicted molar refractivity (Wildman–Crippen MR) is 76.9 cm³/mol. The van der Waals surface area contributed by atoms with Gasteiger partial charge in [-0.15, -0.1) is 0 Å². The van der Waals surface area contributed by atoms with Crippen LogP contribution in [0.15, 0.2) is 23.9 Å². The second-order valence-electron chi connectivity index (χ2n) is 6.26. The van der Waals surface area contributed by atoms with E-state index < -0.39 is 5.60 Å². The van der Waals surface area contributed by atoms with Crippen molar-refractivity contribution < 1.29 is 9.53 Å². The van der Waals surface area contributed by atoms with E-state index >= 15 is 0 Å². The van der Waals surface area contributed by atoms with Crippen LogP contribution in [0.3, 0.4) is 0 Å². The molecule has 1 rings (SSSR count). The summed E-state index contributed by atoms with van der Waals surface area (Å²) in [5.41, 5.74) is 4.33. The molecule has 4 nitrogen and oxygen atoms in total. The Labute approximate surface area is 116 Å². The minimum atomic E-state index is -0.425. The number of ether oxygens (including phenoxy) is 1. The Morgan fingerprint density at radius 2 is 2.21 bits per heavy atom. The fourth-order valence-electron chi connectivity index (χ4n) is 2.36. The molecule has 3 N–H and O–H groups in total. The largest absolute Gasteiger partial charge is 0.460 e. The van der Waals surface area contributed by atoms with Crippen LogP contribution in [-0.4, -0.2) is 11.6 Å². The molecule has 1 aliphatic carbocycles. The van der Waals surface area contributed by atoms with E-state index in [0.717, 1.165) is 30.4 Å². The first-order valence-electron chi connectivity index (χ1n) is 6.80. The summed E-state index contributed by atoms with van der Waals surface area (Å²) >= 11 is 0. The molecule has 2 atom stereocenters. The van der Waals surface area contributed by atoms with Crippen LogP contribution in [0.1, 0.15) is 47.0 Å². The van der Waals surface area contributed by atoms with Crippen molar-refractivity contribution in [1.82, 2.24) is 5.43 Å². The zero-order valence-electron chi connectivity index (χ0n) is 12.5. The summed E-state index contributed by atoms with van der Waals surface area (Å²) in [5.74, 6) is 5.38. The van der Waals surface area contributed by atoms with Gasteiger partial charge in [0.25, 0.3) is 0 Å². The Bertz CT molecular complexity index is 380. The molecule has 0 spiro atoms. The normalized spacial score (nSPS) is 24.2. The molecule has 0 saturated heterocycles. The van der Waals surface area contributed by atoms with E-state index in [0.29, 0.717) is 5.92 Å². The van der Waals surface area contributed by atoms with Crippen LogP contribution >= 0.6 is 0 Å². The molecule has 1 saturated carbocycles. The summed E-state index contributed by atoms with van der Waals surface area (Å²) in [4.78, 5) is 12.1. The number of esters is 1. The van der Waals surface area contributed by atoms with Crippen molar-refractivity contribution in [2.24, 2.45) is 17.7 Å². The highest BCUT2D eigenvalue weighted by Crippen LogP contribution is 2.36. The van der Waals surface area contributed by atoms with Crippen LogP contribution in [0.25, 0.3) is 0 Å². The molecule has 108 valence electrons. The number of rotatable bonds is 3. The van der Waals surface area contributed by atoms with Gasteiger partial charge in [-0.05, 0) is 51.5 Å².